The molecule has 1 unspecified atom stereocenters. The summed E-state index contributed by atoms with van der Waals surface area (Å²) in [4.78, 5) is 17.4. The van der Waals surface area contributed by atoms with Crippen LogP contribution in [-0.2, 0) is 0 Å². The van der Waals surface area contributed by atoms with Crippen molar-refractivity contribution in [2.45, 2.75) is 30.4 Å². The Labute approximate surface area is 156 Å². The highest BCUT2D eigenvalue weighted by atomic mass is 32.2. The normalized spacial score (nSPS) is 14.8. The van der Waals surface area contributed by atoms with E-state index in [-0.39, 0.29) is 11.0 Å². The number of hydrogen-bond donors (Lipinski definition) is 1. The van der Waals surface area contributed by atoms with Crippen molar-refractivity contribution < 1.29 is 14.3 Å². The van der Waals surface area contributed by atoms with Crippen LogP contribution >= 0.6 is 11.8 Å². The number of rotatable bonds is 4. The van der Waals surface area contributed by atoms with Crippen LogP contribution in [0.4, 0.5) is 0 Å². The first-order valence-corrected chi connectivity index (χ1v) is 9.69. The summed E-state index contributed by atoms with van der Waals surface area (Å²) >= 11 is 1.55. The molecule has 0 saturated heterocycles. The van der Waals surface area contributed by atoms with Gasteiger partial charge in [0.2, 0.25) is 0 Å². The van der Waals surface area contributed by atoms with Crippen LogP contribution in [0.1, 0.15) is 29.4 Å². The number of thioether (sulfide) groups is 1. The van der Waals surface area contributed by atoms with Gasteiger partial charge in [-0.25, -0.2) is 0 Å². The fraction of sp³-hybridized carbons (Fsp3) is 0.286. The van der Waals surface area contributed by atoms with Gasteiger partial charge in [-0.05, 0) is 38.1 Å². The number of hydrogen-bond acceptors (Lipinski definition) is 4. The van der Waals surface area contributed by atoms with E-state index in [1.54, 1.807) is 11.8 Å². The van der Waals surface area contributed by atoms with Gasteiger partial charge in [0, 0.05) is 33.5 Å². The second kappa shape index (κ2) is 7.08. The number of H-pyrrole nitrogens is 1. The largest absolute Gasteiger partial charge is 0.490 e. The van der Waals surface area contributed by atoms with E-state index in [0.717, 1.165) is 45.0 Å². The van der Waals surface area contributed by atoms with Gasteiger partial charge in [0.15, 0.2) is 17.3 Å². The lowest BCUT2D eigenvalue weighted by Crippen LogP contribution is -2.14. The molecule has 5 heteroatoms. The summed E-state index contributed by atoms with van der Waals surface area (Å²) in [6, 6.07) is 13.8. The number of para-hydroxylation sites is 1. The predicted octanol–water partition coefficient (Wildman–Crippen LogP) is 5.00. The summed E-state index contributed by atoms with van der Waals surface area (Å²) in [6.07, 6.45) is 0.881. The van der Waals surface area contributed by atoms with E-state index < -0.39 is 0 Å². The van der Waals surface area contributed by atoms with Gasteiger partial charge in [-0.1, -0.05) is 18.2 Å². The molecular weight excluding hydrogens is 346 g/mol. The molecule has 4 rings (SSSR count). The number of aryl methyl sites for hydroxylation is 1. The number of ether oxygens (including phenoxy) is 2. The van der Waals surface area contributed by atoms with Gasteiger partial charge >= 0.3 is 0 Å². The van der Waals surface area contributed by atoms with E-state index >= 15 is 0 Å². The maximum absolute atomic E-state index is 13.1. The number of aromatic amines is 1. The Morgan fingerprint density at radius 3 is 2.73 bits per heavy atom. The molecule has 1 aliphatic heterocycles. The molecule has 0 aliphatic carbocycles. The third kappa shape index (κ3) is 3.19. The van der Waals surface area contributed by atoms with Crippen molar-refractivity contribution in [2.75, 3.05) is 13.2 Å². The number of aromatic nitrogens is 1. The van der Waals surface area contributed by atoms with Crippen LogP contribution in [0.2, 0.25) is 0 Å². The minimum atomic E-state index is -0.197. The Hall–Kier alpha value is -2.40. The zero-order chi connectivity index (χ0) is 18.1. The van der Waals surface area contributed by atoms with Crippen LogP contribution in [0, 0.1) is 6.92 Å². The highest BCUT2D eigenvalue weighted by Crippen LogP contribution is 2.36. The second-order valence-electron chi connectivity index (χ2n) is 6.45. The van der Waals surface area contributed by atoms with E-state index in [9.17, 15) is 4.79 Å². The van der Waals surface area contributed by atoms with Crippen molar-refractivity contribution in [3.63, 3.8) is 0 Å². The molecule has 4 nitrogen and oxygen atoms in total. The van der Waals surface area contributed by atoms with Gasteiger partial charge in [0.25, 0.3) is 0 Å². The summed E-state index contributed by atoms with van der Waals surface area (Å²) in [7, 11) is 0. The lowest BCUT2D eigenvalue weighted by molar-refractivity contribution is 0.0995. The van der Waals surface area contributed by atoms with Gasteiger partial charge in [-0.3, -0.25) is 4.79 Å². The fourth-order valence-electron chi connectivity index (χ4n) is 3.27. The molecule has 2 aromatic carbocycles. The molecule has 3 aromatic rings. The van der Waals surface area contributed by atoms with Gasteiger partial charge in [-0.15, -0.1) is 11.8 Å². The van der Waals surface area contributed by atoms with Crippen LogP contribution in [-0.4, -0.2) is 29.2 Å². The summed E-state index contributed by atoms with van der Waals surface area (Å²) in [5.41, 5.74) is 2.71. The van der Waals surface area contributed by atoms with Crippen molar-refractivity contribution in [3.8, 4) is 11.5 Å². The van der Waals surface area contributed by atoms with Crippen molar-refractivity contribution in [2.24, 2.45) is 0 Å². The smallest absolute Gasteiger partial charge is 0.178 e. The topological polar surface area (TPSA) is 51.3 Å². The molecule has 0 fully saturated rings. The first-order valence-electron chi connectivity index (χ1n) is 8.81. The van der Waals surface area contributed by atoms with Crippen molar-refractivity contribution in [1.29, 1.82) is 0 Å². The molecule has 0 amide bonds. The zero-order valence-corrected chi connectivity index (χ0v) is 15.7. The minimum Gasteiger partial charge on any atom is -0.490 e. The number of nitrogens with one attached hydrogen (secondary N) is 1. The lowest BCUT2D eigenvalue weighted by Gasteiger charge is -2.13. The number of fused-ring (bicyclic) bond motifs is 2. The lowest BCUT2D eigenvalue weighted by atomic mass is 10.1. The molecule has 1 N–H and O–H groups in total. The number of benzene rings is 2. The van der Waals surface area contributed by atoms with Crippen molar-refractivity contribution in [3.05, 3.63) is 53.7 Å². The van der Waals surface area contributed by atoms with Crippen molar-refractivity contribution >= 4 is 28.4 Å². The van der Waals surface area contributed by atoms with Crippen LogP contribution in [0.5, 0.6) is 11.5 Å². The number of ketones is 1. The third-order valence-electron chi connectivity index (χ3n) is 4.54. The Morgan fingerprint density at radius 1 is 1.12 bits per heavy atom. The highest BCUT2D eigenvalue weighted by Gasteiger charge is 2.23. The van der Waals surface area contributed by atoms with Crippen LogP contribution in [0.25, 0.3) is 10.9 Å². The SMILES string of the molecule is Cc1[nH]c2ccccc2c1C(=O)C(C)Sc1ccc2c(c1)OCCCO2. The Balaban J connectivity index is 1.58. The fourth-order valence-corrected chi connectivity index (χ4v) is 4.23. The Morgan fingerprint density at radius 2 is 1.88 bits per heavy atom. The molecule has 134 valence electrons. The van der Waals surface area contributed by atoms with Gasteiger partial charge in [0.1, 0.15) is 0 Å². The number of carbonyl (C=O) groups is 1. The molecule has 1 aliphatic rings. The molecule has 26 heavy (non-hydrogen) atoms. The maximum Gasteiger partial charge on any atom is 0.178 e. The van der Waals surface area contributed by atoms with Crippen LogP contribution in [0.3, 0.4) is 0 Å². The number of Topliss-reactive ketones (excluding diaryl/α,β-unsaturated/α-hetero) is 1. The van der Waals surface area contributed by atoms with Crippen LogP contribution in [0.15, 0.2) is 47.4 Å². The first kappa shape index (κ1) is 17.0. The number of carbonyl (C=O) groups excluding carboxylic acids is 1. The quantitative estimate of drug-likeness (QED) is 0.521. The second-order valence-corrected chi connectivity index (χ2v) is 7.87. The first-order chi connectivity index (χ1) is 12.6. The Kier molecular flexibility index (Phi) is 4.64. The maximum atomic E-state index is 13.1. The summed E-state index contributed by atoms with van der Waals surface area (Å²) in [6.45, 7) is 5.24. The standard InChI is InChI=1S/C21H21NO3S/c1-13-20(16-6-3-4-7-17(16)22-13)21(23)14(2)26-15-8-9-18-19(12-15)25-11-5-10-24-18/h3-4,6-9,12,14,22H,5,10-11H2,1-2H3. The van der Waals surface area contributed by atoms with Crippen molar-refractivity contribution in [1.82, 2.24) is 4.98 Å². The van der Waals surface area contributed by atoms with Gasteiger partial charge < -0.3 is 14.5 Å². The third-order valence-corrected chi connectivity index (χ3v) is 5.63. The van der Waals surface area contributed by atoms with E-state index in [0.29, 0.717) is 13.2 Å². The monoisotopic (exact) mass is 367 g/mol. The molecule has 0 saturated carbocycles. The molecular formula is C21H21NO3S. The van der Waals surface area contributed by atoms with E-state index in [2.05, 4.69) is 4.98 Å². The van der Waals surface area contributed by atoms with E-state index in [1.807, 2.05) is 56.3 Å². The molecule has 0 spiro atoms. The molecule has 0 radical (unpaired) electrons. The average molecular weight is 367 g/mol. The predicted molar refractivity (Wildman–Crippen MR) is 105 cm³/mol. The molecule has 1 aromatic heterocycles. The molecule has 0 bridgehead atoms. The van der Waals surface area contributed by atoms with Gasteiger partial charge in [0.05, 0.1) is 18.5 Å². The van der Waals surface area contributed by atoms with E-state index in [4.69, 9.17) is 9.47 Å². The average Bonchev–Trinajstić information content (AvgIpc) is 2.81. The van der Waals surface area contributed by atoms with E-state index in [1.165, 1.54) is 0 Å². The summed E-state index contributed by atoms with van der Waals surface area (Å²) in [5, 5.41) is 0.791. The van der Waals surface area contributed by atoms with Gasteiger partial charge in [-0.2, -0.15) is 0 Å². The zero-order valence-electron chi connectivity index (χ0n) is 14.9. The molecule has 1 atom stereocenters. The highest BCUT2D eigenvalue weighted by molar-refractivity contribution is 8.00. The van der Waals surface area contributed by atoms with Crippen LogP contribution < -0.4 is 9.47 Å². The summed E-state index contributed by atoms with van der Waals surface area (Å²) in [5.74, 6) is 1.67. The Bertz CT molecular complexity index is 963. The molecule has 2 heterocycles. The summed E-state index contributed by atoms with van der Waals surface area (Å²) < 4.78 is 11.4. The minimum absolute atomic E-state index is 0.136.